The molecular formula is C70H67Cl3N12O10. The second kappa shape index (κ2) is 26.6. The number of carbonyl (C=O) groups excluding carboxylic acids is 1. The fourth-order valence-corrected chi connectivity index (χ4v) is 11.6. The Hall–Kier alpha value is -9.64. The number of benzene rings is 6. The molecule has 22 nitrogen and oxygen atoms in total. The Bertz CT molecular complexity index is 5140. The molecule has 0 saturated heterocycles. The molecule has 488 valence electrons. The monoisotopic (exact) mass is 1340 g/mol. The van der Waals surface area contributed by atoms with Crippen molar-refractivity contribution in [3.8, 4) is 17.2 Å². The topological polar surface area (TPSA) is 260 Å². The van der Waals surface area contributed by atoms with E-state index in [0.29, 0.717) is 127 Å². The molecule has 3 aliphatic rings. The largest absolute Gasteiger partial charge is 0.492 e. The van der Waals surface area contributed by atoms with Crippen LogP contribution in [-0.4, -0.2) is 102 Å². The molecule has 0 unspecified atom stereocenters. The van der Waals surface area contributed by atoms with E-state index in [2.05, 4.69) is 35.7 Å². The first-order valence-corrected chi connectivity index (χ1v) is 32.6. The van der Waals surface area contributed by atoms with Gasteiger partial charge < -0.3 is 24.1 Å². The van der Waals surface area contributed by atoms with Crippen LogP contribution in [0.3, 0.4) is 0 Å². The van der Waals surface area contributed by atoms with E-state index in [1.54, 1.807) is 90.3 Å². The minimum Gasteiger partial charge on any atom is -0.492 e. The number of rotatable bonds is 19. The number of carbonyl (C=O) groups is 2. The maximum Gasteiger partial charge on any atom is 0.331 e. The Labute approximate surface area is 557 Å². The first-order valence-electron chi connectivity index (χ1n) is 31.5. The van der Waals surface area contributed by atoms with Gasteiger partial charge in [0.25, 0.3) is 16.7 Å². The number of fused-ring (bicyclic) bond motifs is 6. The summed E-state index contributed by atoms with van der Waals surface area (Å²) in [4.78, 5) is 62.2. The van der Waals surface area contributed by atoms with Crippen molar-refractivity contribution in [1.82, 2.24) is 59.1 Å². The zero-order valence-electron chi connectivity index (χ0n) is 52.7. The summed E-state index contributed by atoms with van der Waals surface area (Å²) in [6.07, 6.45) is 13.0. The molecule has 0 amide bonds. The van der Waals surface area contributed by atoms with Gasteiger partial charge in [-0.1, -0.05) is 89.4 Å². The van der Waals surface area contributed by atoms with Crippen LogP contribution in [0.25, 0.3) is 65.0 Å². The van der Waals surface area contributed by atoms with Gasteiger partial charge in [-0.3, -0.25) is 28.4 Å². The average Bonchev–Trinajstić information content (AvgIpc) is 0.895. The highest BCUT2D eigenvalue weighted by Crippen LogP contribution is 2.37. The fraction of sp³-hybridized carbons (Fsp3) is 0.329. The quantitative estimate of drug-likeness (QED) is 0.0713. The number of carboxylic acid groups (broad SMARTS) is 1. The molecule has 3 saturated carbocycles. The van der Waals surface area contributed by atoms with Crippen LogP contribution in [0, 0.1) is 17.8 Å². The summed E-state index contributed by atoms with van der Waals surface area (Å²) in [7, 11) is 0. The molecule has 6 heterocycles. The van der Waals surface area contributed by atoms with Crippen molar-refractivity contribution < 1.29 is 33.6 Å². The molecule has 12 aromatic rings. The van der Waals surface area contributed by atoms with Gasteiger partial charge in [0, 0.05) is 50.9 Å². The molecule has 25 heteroatoms. The number of aromatic amines is 1. The first kappa shape index (κ1) is 64.1. The lowest BCUT2D eigenvalue weighted by atomic mass is 10.1. The maximum atomic E-state index is 13.2. The number of halogens is 3. The summed E-state index contributed by atoms with van der Waals surface area (Å²) in [5.41, 5.74) is 2.53. The van der Waals surface area contributed by atoms with Crippen molar-refractivity contribution in [3.05, 3.63) is 191 Å². The van der Waals surface area contributed by atoms with Crippen LogP contribution in [0.4, 0.5) is 0 Å². The number of aliphatic carboxylic acids is 1. The third kappa shape index (κ3) is 14.7. The molecule has 3 aliphatic carbocycles. The molecule has 0 radical (unpaired) electrons. The lowest BCUT2D eigenvalue weighted by Gasteiger charge is -2.23. The molecule has 2 N–H and O–H groups in total. The number of hydrogen-bond donors (Lipinski definition) is 2. The molecular weight excluding hydrogens is 1280 g/mol. The number of nitrogens with zero attached hydrogens (tertiary/aromatic N) is 11. The van der Waals surface area contributed by atoms with Gasteiger partial charge in [-0.15, -0.1) is 0 Å². The van der Waals surface area contributed by atoms with E-state index in [9.17, 15) is 29.1 Å². The molecule has 6 aromatic carbocycles. The van der Waals surface area contributed by atoms with Crippen molar-refractivity contribution in [2.45, 2.75) is 110 Å². The van der Waals surface area contributed by atoms with Gasteiger partial charge in [0.05, 0.1) is 104 Å². The number of esters is 1. The minimum atomic E-state index is -1.13. The molecule has 6 aromatic heterocycles. The van der Waals surface area contributed by atoms with E-state index >= 15 is 0 Å². The van der Waals surface area contributed by atoms with Gasteiger partial charge in [0.1, 0.15) is 22.8 Å². The number of carboxylic acids is 1. The van der Waals surface area contributed by atoms with Gasteiger partial charge in [0.2, 0.25) is 0 Å². The standard InChI is InChI=1S/C27H29ClN4O4.C23H21ClN4O4.C20H17ClN4O2/c1-16(26(34)36-27(2,3)4)32-25(33)20-8-6-5-7-19(20)23(30-32)14-31-13-18-11-24(35-15-17-9-10-17)21(28)12-22(18)29-31;1-13(23(30)31)28-22(29)17-5-3-2-4-16(17)20(26-28)11-27-10-15-8-21(32-12-14-6-7-14)18(24)9-19(15)25-27;21-16-8-17-13(7-19(16)27-11-12-5-6-12)9-25(24-17)10-18-14-3-1-2-4-15(14)20(26)23-22-18/h5-8,11-13,16-17H,9-10,14-15H2,1-4H3;2-5,8-10,13-14H,6-7,11-12H2,1H3,(H,30,31);1-4,7-9,12H,5-6,10-11H2,(H,23,26)/t16-;13-;/m11./s1. The number of ether oxygens (including phenoxy) is 4. The summed E-state index contributed by atoms with van der Waals surface area (Å²) in [5.74, 6) is 2.25. The lowest BCUT2D eigenvalue weighted by Crippen LogP contribution is -2.35. The Balaban J connectivity index is 0.000000130. The van der Waals surface area contributed by atoms with Crippen molar-refractivity contribution in [3.63, 3.8) is 0 Å². The van der Waals surface area contributed by atoms with E-state index in [1.165, 1.54) is 50.1 Å². The number of nitrogens with one attached hydrogen (secondary N) is 1. The summed E-state index contributed by atoms with van der Waals surface area (Å²) in [5, 5.41) is 47.1. The second-order valence-electron chi connectivity index (χ2n) is 25.5. The van der Waals surface area contributed by atoms with E-state index in [0.717, 1.165) is 43.0 Å². The third-order valence-corrected chi connectivity index (χ3v) is 17.6. The van der Waals surface area contributed by atoms with Crippen LogP contribution >= 0.6 is 34.8 Å². The molecule has 3 fully saturated rings. The summed E-state index contributed by atoms with van der Waals surface area (Å²) < 4.78 is 30.6. The van der Waals surface area contributed by atoms with Gasteiger partial charge >= 0.3 is 11.9 Å². The van der Waals surface area contributed by atoms with Crippen LogP contribution in [-0.2, 0) is 34.0 Å². The van der Waals surface area contributed by atoms with Gasteiger partial charge in [-0.05, 0) is 145 Å². The fourth-order valence-electron chi connectivity index (χ4n) is 10.9. The SMILES string of the molecule is C[C@H](C(=O)O)n1nc(Cn2cc3cc(OCC4CC4)c(Cl)cc3n2)c2ccccc2c1=O.C[C@H](C(=O)OC(C)(C)C)n1nc(Cn2cc3cc(OCC4CC4)c(Cl)cc3n2)c2ccccc2c1=O.O=c1[nH]nc(Cn2cc3cc(OCC4CC4)c(Cl)cc3n2)c2ccccc12. The molecule has 95 heavy (non-hydrogen) atoms. The maximum absolute atomic E-state index is 13.2. The van der Waals surface area contributed by atoms with Crippen LogP contribution in [0.15, 0.2) is 142 Å². The van der Waals surface area contributed by atoms with Crippen LogP contribution in [0.5, 0.6) is 17.2 Å². The third-order valence-electron chi connectivity index (χ3n) is 16.7. The Morgan fingerprint density at radius 1 is 0.516 bits per heavy atom. The Morgan fingerprint density at radius 3 is 1.23 bits per heavy atom. The number of H-pyrrole nitrogens is 1. The predicted octanol–water partition coefficient (Wildman–Crippen LogP) is 12.8. The highest BCUT2D eigenvalue weighted by Gasteiger charge is 2.28. The highest BCUT2D eigenvalue weighted by molar-refractivity contribution is 6.33. The normalized spacial score (nSPS) is 14.6. The number of aromatic nitrogens is 12. The van der Waals surface area contributed by atoms with Crippen molar-refractivity contribution >= 4 is 112 Å². The zero-order chi connectivity index (χ0) is 66.4. The summed E-state index contributed by atoms with van der Waals surface area (Å²) >= 11 is 19.2. The summed E-state index contributed by atoms with van der Waals surface area (Å²) in [6.45, 7) is 11.5. The van der Waals surface area contributed by atoms with Crippen LogP contribution < -0.4 is 30.9 Å². The minimum absolute atomic E-state index is 0.191. The van der Waals surface area contributed by atoms with Crippen LogP contribution in [0.2, 0.25) is 15.1 Å². The van der Waals surface area contributed by atoms with Gasteiger partial charge in [-0.2, -0.15) is 30.6 Å². The lowest BCUT2D eigenvalue weighted by molar-refractivity contribution is -0.159. The van der Waals surface area contributed by atoms with E-state index < -0.39 is 35.2 Å². The Morgan fingerprint density at radius 2 is 0.863 bits per heavy atom. The molecule has 2 atom stereocenters. The zero-order valence-corrected chi connectivity index (χ0v) is 54.9. The first-order chi connectivity index (χ1) is 45.7. The highest BCUT2D eigenvalue weighted by atomic mass is 35.5. The average molecular weight is 1340 g/mol. The van der Waals surface area contributed by atoms with E-state index in [1.807, 2.05) is 79.3 Å². The molecule has 0 bridgehead atoms. The Kier molecular flexibility index (Phi) is 18.0. The van der Waals surface area contributed by atoms with E-state index in [-0.39, 0.29) is 17.7 Å². The van der Waals surface area contributed by atoms with Gasteiger partial charge in [0.15, 0.2) is 12.1 Å². The van der Waals surface area contributed by atoms with Crippen molar-refractivity contribution in [2.75, 3.05) is 19.8 Å². The van der Waals surface area contributed by atoms with E-state index in [4.69, 9.17) is 53.8 Å². The van der Waals surface area contributed by atoms with Gasteiger partial charge in [-0.25, -0.2) is 24.1 Å². The van der Waals surface area contributed by atoms with Crippen molar-refractivity contribution in [2.24, 2.45) is 17.8 Å². The van der Waals surface area contributed by atoms with Crippen molar-refractivity contribution in [1.29, 1.82) is 0 Å². The second-order valence-corrected chi connectivity index (χ2v) is 26.7. The molecule has 0 aliphatic heterocycles. The molecule has 0 spiro atoms. The van der Waals surface area contributed by atoms with Crippen LogP contribution in [0.1, 0.15) is 102 Å². The molecule has 15 rings (SSSR count). The smallest absolute Gasteiger partial charge is 0.331 e. The summed E-state index contributed by atoms with van der Waals surface area (Å²) in [6, 6.07) is 30.9. The predicted molar refractivity (Wildman–Crippen MR) is 363 cm³/mol. The number of hydrogen-bond acceptors (Lipinski definition) is 15.